The first-order valence-corrected chi connectivity index (χ1v) is 5.00. The topological polar surface area (TPSA) is 60.7 Å². The van der Waals surface area contributed by atoms with Gasteiger partial charge in [-0.1, -0.05) is 6.07 Å². The van der Waals surface area contributed by atoms with Crippen LogP contribution in [0.2, 0.25) is 0 Å². The summed E-state index contributed by atoms with van der Waals surface area (Å²) >= 11 is 1.29. The number of phenols is 1. The van der Waals surface area contributed by atoms with Gasteiger partial charge >= 0.3 is 7.12 Å². The van der Waals surface area contributed by atoms with Crippen LogP contribution in [0.25, 0.3) is 10.1 Å². The van der Waals surface area contributed by atoms with Gasteiger partial charge in [-0.05, 0) is 24.6 Å². The molecule has 0 bridgehead atoms. The number of fused-ring (bicyclic) bond motifs is 1. The van der Waals surface area contributed by atoms with Gasteiger partial charge in [-0.25, -0.2) is 0 Å². The summed E-state index contributed by atoms with van der Waals surface area (Å²) in [5, 5.41) is 28.5. The summed E-state index contributed by atoms with van der Waals surface area (Å²) in [6, 6.07) is 5.18. The average Bonchev–Trinajstić information content (AvgIpc) is 2.45. The zero-order valence-corrected chi connectivity index (χ0v) is 8.38. The molecule has 0 amide bonds. The summed E-state index contributed by atoms with van der Waals surface area (Å²) in [7, 11) is -1.47. The highest BCUT2D eigenvalue weighted by molar-refractivity contribution is 7.28. The summed E-state index contributed by atoms with van der Waals surface area (Å²) in [5.74, 6) is 0.183. The van der Waals surface area contributed by atoms with Crippen LogP contribution in [0.4, 0.5) is 0 Å². The van der Waals surface area contributed by atoms with Crippen molar-refractivity contribution in [3.63, 3.8) is 0 Å². The molecule has 1 aromatic heterocycles. The van der Waals surface area contributed by atoms with Crippen LogP contribution in [0.5, 0.6) is 5.75 Å². The minimum atomic E-state index is -1.47. The van der Waals surface area contributed by atoms with Crippen LogP contribution in [0.1, 0.15) is 5.56 Å². The van der Waals surface area contributed by atoms with E-state index in [0.29, 0.717) is 10.2 Å². The monoisotopic (exact) mass is 208 g/mol. The van der Waals surface area contributed by atoms with Gasteiger partial charge in [0.25, 0.3) is 0 Å². The molecule has 0 saturated heterocycles. The van der Waals surface area contributed by atoms with Crippen LogP contribution in [0, 0.1) is 6.92 Å². The Bertz CT molecular complexity index is 478. The largest absolute Gasteiger partial charge is 0.507 e. The Balaban J connectivity index is 2.81. The van der Waals surface area contributed by atoms with Crippen LogP contribution in [-0.2, 0) is 0 Å². The molecule has 1 aromatic carbocycles. The molecule has 0 radical (unpaired) electrons. The van der Waals surface area contributed by atoms with E-state index in [1.807, 2.05) is 6.07 Å². The Morgan fingerprint density at radius 2 is 2.00 bits per heavy atom. The molecule has 72 valence electrons. The third kappa shape index (κ3) is 1.30. The third-order valence-electron chi connectivity index (χ3n) is 2.20. The highest BCUT2D eigenvalue weighted by atomic mass is 32.1. The van der Waals surface area contributed by atoms with E-state index < -0.39 is 7.12 Å². The molecular formula is C9H9BO3S. The van der Waals surface area contributed by atoms with Crippen LogP contribution in [0.15, 0.2) is 18.2 Å². The Morgan fingerprint density at radius 3 is 2.57 bits per heavy atom. The fraction of sp³-hybridized carbons (Fsp3) is 0.111. The van der Waals surface area contributed by atoms with Gasteiger partial charge in [-0.3, -0.25) is 0 Å². The maximum absolute atomic E-state index is 9.59. The molecule has 1 heterocycles. The summed E-state index contributed by atoms with van der Waals surface area (Å²) in [4.78, 5) is 0. The molecule has 0 aliphatic carbocycles. The molecule has 14 heavy (non-hydrogen) atoms. The summed E-state index contributed by atoms with van der Waals surface area (Å²) in [6.07, 6.45) is 0. The van der Waals surface area contributed by atoms with Crippen LogP contribution >= 0.6 is 11.3 Å². The van der Waals surface area contributed by atoms with E-state index >= 15 is 0 Å². The molecule has 0 fully saturated rings. The molecule has 0 saturated carbocycles. The number of aromatic hydroxyl groups is 1. The predicted molar refractivity (Wildman–Crippen MR) is 58.1 cm³/mol. The number of hydrogen-bond acceptors (Lipinski definition) is 4. The molecule has 2 aromatic rings. The van der Waals surface area contributed by atoms with E-state index in [0.717, 1.165) is 10.3 Å². The zero-order valence-electron chi connectivity index (χ0n) is 7.56. The molecule has 0 aliphatic heterocycles. The molecule has 0 spiro atoms. The fourth-order valence-electron chi connectivity index (χ4n) is 1.55. The van der Waals surface area contributed by atoms with E-state index in [-0.39, 0.29) is 5.75 Å². The van der Waals surface area contributed by atoms with Crippen molar-refractivity contribution in [3.05, 3.63) is 23.8 Å². The molecule has 5 heteroatoms. The fourth-order valence-corrected chi connectivity index (χ4v) is 2.65. The minimum absolute atomic E-state index is 0.183. The van der Waals surface area contributed by atoms with E-state index in [4.69, 9.17) is 10.0 Å². The van der Waals surface area contributed by atoms with E-state index in [2.05, 4.69) is 0 Å². The van der Waals surface area contributed by atoms with Gasteiger partial charge in [0.1, 0.15) is 5.75 Å². The number of benzene rings is 1. The number of aryl methyl sites for hydroxylation is 1. The van der Waals surface area contributed by atoms with Crippen molar-refractivity contribution in [2.24, 2.45) is 0 Å². The molecule has 3 nitrogen and oxygen atoms in total. The number of hydrogen-bond donors (Lipinski definition) is 3. The Morgan fingerprint density at radius 1 is 1.29 bits per heavy atom. The molecule has 2 rings (SSSR count). The Kier molecular flexibility index (Phi) is 2.22. The van der Waals surface area contributed by atoms with Crippen molar-refractivity contribution in [2.45, 2.75) is 6.92 Å². The van der Waals surface area contributed by atoms with Gasteiger partial charge in [-0.2, -0.15) is 0 Å². The Labute approximate surface area is 85.4 Å². The lowest BCUT2D eigenvalue weighted by molar-refractivity contribution is 0.426. The summed E-state index contributed by atoms with van der Waals surface area (Å²) < 4.78 is 1.35. The van der Waals surface area contributed by atoms with Crippen molar-refractivity contribution in [3.8, 4) is 5.75 Å². The highest BCUT2D eigenvalue weighted by Gasteiger charge is 2.20. The first-order chi connectivity index (χ1) is 6.61. The highest BCUT2D eigenvalue weighted by Crippen LogP contribution is 2.31. The van der Waals surface area contributed by atoms with Gasteiger partial charge < -0.3 is 15.2 Å². The average molecular weight is 208 g/mol. The van der Waals surface area contributed by atoms with E-state index in [9.17, 15) is 5.11 Å². The first-order valence-electron chi connectivity index (χ1n) is 4.18. The second-order valence-corrected chi connectivity index (χ2v) is 4.20. The maximum atomic E-state index is 9.59. The van der Waals surface area contributed by atoms with E-state index in [1.165, 1.54) is 11.3 Å². The lowest BCUT2D eigenvalue weighted by Gasteiger charge is -1.97. The third-order valence-corrected chi connectivity index (χ3v) is 3.50. The molecule has 0 atom stereocenters. The minimum Gasteiger partial charge on any atom is -0.507 e. The summed E-state index contributed by atoms with van der Waals surface area (Å²) in [5.41, 5.74) is 0.734. The second kappa shape index (κ2) is 3.27. The van der Waals surface area contributed by atoms with E-state index in [1.54, 1.807) is 19.1 Å². The van der Waals surface area contributed by atoms with Gasteiger partial charge in [0.2, 0.25) is 0 Å². The van der Waals surface area contributed by atoms with Crippen molar-refractivity contribution < 1.29 is 15.2 Å². The SMILES string of the molecule is Cc1c(B(O)O)sc2cccc(O)c12. The number of phenolic OH excluding ortho intramolecular Hbond substituents is 1. The predicted octanol–water partition coefficient (Wildman–Crippen LogP) is 0.595. The summed E-state index contributed by atoms with van der Waals surface area (Å²) in [6.45, 7) is 1.77. The molecular weight excluding hydrogens is 199 g/mol. The molecule has 0 aliphatic rings. The maximum Gasteiger partial charge on any atom is 0.499 e. The number of rotatable bonds is 1. The molecule has 0 unspecified atom stereocenters. The zero-order chi connectivity index (χ0) is 10.3. The van der Waals surface area contributed by atoms with Crippen molar-refractivity contribution >= 4 is 33.3 Å². The lowest BCUT2D eigenvalue weighted by Crippen LogP contribution is -2.28. The second-order valence-electron chi connectivity index (χ2n) is 3.12. The van der Waals surface area contributed by atoms with Gasteiger partial charge in [0.05, 0.1) is 0 Å². The number of thiophene rings is 1. The van der Waals surface area contributed by atoms with Crippen LogP contribution < -0.4 is 4.78 Å². The standard InChI is InChI=1S/C9H9BO3S/c1-5-8-6(11)3-2-4-7(8)14-9(5)10(12)13/h2-4,11-13H,1H3. The normalized spacial score (nSPS) is 10.8. The smallest absolute Gasteiger partial charge is 0.499 e. The van der Waals surface area contributed by atoms with Gasteiger partial charge in [0, 0.05) is 14.9 Å². The van der Waals surface area contributed by atoms with Crippen LogP contribution in [0.3, 0.4) is 0 Å². The van der Waals surface area contributed by atoms with Crippen molar-refractivity contribution in [1.29, 1.82) is 0 Å². The van der Waals surface area contributed by atoms with Gasteiger partial charge in [0.15, 0.2) is 0 Å². The quantitative estimate of drug-likeness (QED) is 0.601. The van der Waals surface area contributed by atoms with Gasteiger partial charge in [-0.15, -0.1) is 11.3 Å². The first kappa shape index (κ1) is 9.52. The molecule has 3 N–H and O–H groups in total. The Hall–Kier alpha value is -1.04. The van der Waals surface area contributed by atoms with Crippen LogP contribution in [-0.4, -0.2) is 22.3 Å². The lowest BCUT2D eigenvalue weighted by atomic mass is 9.85. The van der Waals surface area contributed by atoms with Crippen molar-refractivity contribution in [1.82, 2.24) is 0 Å². The van der Waals surface area contributed by atoms with Crippen molar-refractivity contribution in [2.75, 3.05) is 0 Å².